The maximum atomic E-state index is 12.9. The second kappa shape index (κ2) is 8.48. The molecule has 0 aliphatic carbocycles. The van der Waals surface area contributed by atoms with Gasteiger partial charge in [0.05, 0.1) is 22.6 Å². The van der Waals surface area contributed by atoms with Gasteiger partial charge in [-0.25, -0.2) is 13.2 Å². The summed E-state index contributed by atoms with van der Waals surface area (Å²) in [6.07, 6.45) is -7.23. The Morgan fingerprint density at radius 3 is 2.19 bits per heavy atom. The van der Waals surface area contributed by atoms with E-state index >= 15 is 0 Å². The number of rotatable bonds is 5. The Morgan fingerprint density at radius 2 is 1.68 bits per heavy atom. The van der Waals surface area contributed by atoms with Crippen molar-refractivity contribution < 1.29 is 36.6 Å². The van der Waals surface area contributed by atoms with Crippen LogP contribution in [0.25, 0.3) is 0 Å². The molecule has 168 valence electrons. The second-order valence-electron chi connectivity index (χ2n) is 7.41. The van der Waals surface area contributed by atoms with Crippen molar-refractivity contribution in [1.82, 2.24) is 9.62 Å². The molecule has 2 aromatic rings. The smallest absolute Gasteiger partial charge is 0.416 e. The van der Waals surface area contributed by atoms with Gasteiger partial charge in [-0.3, -0.25) is 0 Å². The van der Waals surface area contributed by atoms with Crippen LogP contribution in [0.2, 0.25) is 0 Å². The van der Waals surface area contributed by atoms with Crippen LogP contribution in [-0.2, 0) is 16.2 Å². The molecule has 1 heterocycles. The zero-order chi connectivity index (χ0) is 23.0. The van der Waals surface area contributed by atoms with Gasteiger partial charge < -0.3 is 15.5 Å². The molecule has 3 N–H and O–H groups in total. The number of hydrogen-bond acceptors (Lipinski definition) is 4. The Balaban J connectivity index is 1.89. The van der Waals surface area contributed by atoms with Gasteiger partial charge in [0.2, 0.25) is 10.0 Å². The minimum Gasteiger partial charge on any atom is -0.465 e. The van der Waals surface area contributed by atoms with E-state index in [1.165, 1.54) is 12.1 Å². The van der Waals surface area contributed by atoms with Crippen molar-refractivity contribution in [2.75, 3.05) is 13.1 Å². The first-order chi connectivity index (χ1) is 14.4. The van der Waals surface area contributed by atoms with E-state index in [9.17, 15) is 36.6 Å². The van der Waals surface area contributed by atoms with Crippen LogP contribution in [0.3, 0.4) is 0 Å². The molecule has 3 rings (SSSR count). The number of hydrogen-bond donors (Lipinski definition) is 3. The van der Waals surface area contributed by atoms with Gasteiger partial charge in [-0.05, 0) is 36.8 Å². The van der Waals surface area contributed by atoms with Crippen molar-refractivity contribution in [3.8, 4) is 0 Å². The van der Waals surface area contributed by atoms with Crippen molar-refractivity contribution in [2.24, 2.45) is 5.92 Å². The SMILES string of the molecule is Cc1ccc(S(=O)(=O)N2C[C@H]([C@@H](NC(=O)O)c3ccc(C(F)(F)F)cc3)[C@H](O)C2)cc1. The molecule has 11 heteroatoms. The van der Waals surface area contributed by atoms with Crippen molar-refractivity contribution in [3.05, 3.63) is 65.2 Å². The van der Waals surface area contributed by atoms with Crippen molar-refractivity contribution in [2.45, 2.75) is 30.1 Å². The standard InChI is InChI=1S/C20H21F3N2O5S/c1-12-2-8-15(9-3-12)31(29,30)25-10-16(17(26)11-25)18(24-19(27)28)13-4-6-14(7-5-13)20(21,22)23/h2-9,16-18,24,26H,10-11H2,1H3,(H,27,28)/t16-,17+,18-/m0/s1. The van der Waals surface area contributed by atoms with E-state index in [0.717, 1.165) is 34.1 Å². The summed E-state index contributed by atoms with van der Waals surface area (Å²) in [5.41, 5.74) is 0.154. The maximum absolute atomic E-state index is 12.9. The van der Waals surface area contributed by atoms with E-state index in [1.807, 2.05) is 0 Å². The molecule has 0 saturated carbocycles. The van der Waals surface area contributed by atoms with Crippen LogP contribution >= 0.6 is 0 Å². The van der Waals surface area contributed by atoms with E-state index in [4.69, 9.17) is 0 Å². The van der Waals surface area contributed by atoms with Gasteiger partial charge in [-0.2, -0.15) is 17.5 Å². The van der Waals surface area contributed by atoms with Crippen molar-refractivity contribution >= 4 is 16.1 Å². The molecular formula is C20H21F3N2O5S. The van der Waals surface area contributed by atoms with Gasteiger partial charge in [-0.15, -0.1) is 0 Å². The second-order valence-corrected chi connectivity index (χ2v) is 9.35. The topological polar surface area (TPSA) is 107 Å². The lowest BCUT2D eigenvalue weighted by molar-refractivity contribution is -0.137. The van der Waals surface area contributed by atoms with Crippen LogP contribution in [0, 0.1) is 12.8 Å². The highest BCUT2D eigenvalue weighted by Gasteiger charge is 2.43. The summed E-state index contributed by atoms with van der Waals surface area (Å²) in [6, 6.07) is 8.90. The Bertz CT molecular complexity index is 1040. The molecule has 1 fully saturated rings. The van der Waals surface area contributed by atoms with Crippen LogP contribution in [0.1, 0.15) is 22.7 Å². The fourth-order valence-corrected chi connectivity index (χ4v) is 5.10. The van der Waals surface area contributed by atoms with E-state index in [-0.39, 0.29) is 23.5 Å². The normalized spacial score (nSPS) is 21.1. The van der Waals surface area contributed by atoms with Gasteiger partial charge in [0, 0.05) is 19.0 Å². The van der Waals surface area contributed by atoms with Crippen LogP contribution < -0.4 is 5.32 Å². The van der Waals surface area contributed by atoms with Crippen molar-refractivity contribution in [3.63, 3.8) is 0 Å². The number of sulfonamides is 1. The molecule has 31 heavy (non-hydrogen) atoms. The Hall–Kier alpha value is -2.63. The van der Waals surface area contributed by atoms with E-state index < -0.39 is 45.9 Å². The lowest BCUT2D eigenvalue weighted by atomic mass is 9.90. The maximum Gasteiger partial charge on any atom is 0.416 e. The average Bonchev–Trinajstić information content (AvgIpc) is 3.08. The minimum atomic E-state index is -4.56. The minimum absolute atomic E-state index is 0.0308. The number of benzene rings is 2. The fourth-order valence-electron chi connectivity index (χ4n) is 3.61. The number of β-amino-alcohol motifs (C(OH)–C–C–N with tert-alkyl or cyclic N) is 1. The number of alkyl halides is 3. The average molecular weight is 458 g/mol. The molecule has 0 bridgehead atoms. The summed E-state index contributed by atoms with van der Waals surface area (Å²) in [5.74, 6) is -0.895. The number of aliphatic hydroxyl groups is 1. The first-order valence-corrected chi connectivity index (χ1v) is 10.7. The first-order valence-electron chi connectivity index (χ1n) is 9.31. The third kappa shape index (κ3) is 5.00. The number of aliphatic hydroxyl groups excluding tert-OH is 1. The van der Waals surface area contributed by atoms with Gasteiger partial charge in [0.1, 0.15) is 0 Å². The first kappa shape index (κ1) is 23.0. The number of nitrogens with one attached hydrogen (secondary N) is 1. The molecule has 1 saturated heterocycles. The Morgan fingerprint density at radius 1 is 1.10 bits per heavy atom. The number of aryl methyl sites for hydroxylation is 1. The van der Waals surface area contributed by atoms with Crippen LogP contribution in [-0.4, -0.2) is 48.2 Å². The largest absolute Gasteiger partial charge is 0.465 e. The third-order valence-electron chi connectivity index (χ3n) is 5.26. The number of amides is 1. The van der Waals surface area contributed by atoms with Crippen LogP contribution in [0.15, 0.2) is 53.4 Å². The van der Waals surface area contributed by atoms with E-state index in [0.29, 0.717) is 0 Å². The number of carboxylic acid groups (broad SMARTS) is 1. The van der Waals surface area contributed by atoms with Gasteiger partial charge >= 0.3 is 12.3 Å². The lowest BCUT2D eigenvalue weighted by Gasteiger charge is -2.26. The van der Waals surface area contributed by atoms with Gasteiger partial charge in [-0.1, -0.05) is 29.8 Å². The predicted octanol–water partition coefficient (Wildman–Crippen LogP) is 3.00. The molecule has 0 aromatic heterocycles. The molecule has 1 aliphatic heterocycles. The monoisotopic (exact) mass is 458 g/mol. The molecular weight excluding hydrogens is 437 g/mol. The molecule has 0 unspecified atom stereocenters. The zero-order valence-electron chi connectivity index (χ0n) is 16.4. The summed E-state index contributed by atoms with van der Waals surface area (Å²) in [5, 5.41) is 21.9. The lowest BCUT2D eigenvalue weighted by Crippen LogP contribution is -2.37. The summed E-state index contributed by atoms with van der Waals surface area (Å²) in [7, 11) is -3.94. The molecule has 1 amide bonds. The summed E-state index contributed by atoms with van der Waals surface area (Å²) >= 11 is 0. The molecule has 0 spiro atoms. The number of nitrogens with zero attached hydrogens (tertiary/aromatic N) is 1. The molecule has 1 aliphatic rings. The summed E-state index contributed by atoms with van der Waals surface area (Å²) in [4.78, 5) is 11.3. The zero-order valence-corrected chi connectivity index (χ0v) is 17.2. The Kier molecular flexibility index (Phi) is 6.30. The van der Waals surface area contributed by atoms with E-state index in [1.54, 1.807) is 19.1 Å². The van der Waals surface area contributed by atoms with E-state index in [2.05, 4.69) is 5.32 Å². The van der Waals surface area contributed by atoms with Gasteiger partial charge in [0.15, 0.2) is 0 Å². The molecule has 7 nitrogen and oxygen atoms in total. The summed E-state index contributed by atoms with van der Waals surface area (Å²) < 4.78 is 65.4. The van der Waals surface area contributed by atoms with Crippen LogP contribution in [0.5, 0.6) is 0 Å². The van der Waals surface area contributed by atoms with Crippen LogP contribution in [0.4, 0.5) is 18.0 Å². The highest BCUT2D eigenvalue weighted by atomic mass is 32.2. The molecule has 3 atom stereocenters. The van der Waals surface area contributed by atoms with Gasteiger partial charge in [0.25, 0.3) is 0 Å². The Labute approximate surface area is 177 Å². The quantitative estimate of drug-likeness (QED) is 0.639. The number of halogens is 3. The van der Waals surface area contributed by atoms with Crippen molar-refractivity contribution in [1.29, 1.82) is 0 Å². The molecule has 0 radical (unpaired) electrons. The predicted molar refractivity (Wildman–Crippen MR) is 105 cm³/mol. The number of carbonyl (C=O) groups is 1. The highest BCUT2D eigenvalue weighted by molar-refractivity contribution is 7.89. The highest BCUT2D eigenvalue weighted by Crippen LogP contribution is 2.35. The fraction of sp³-hybridized carbons (Fsp3) is 0.350. The third-order valence-corrected chi connectivity index (χ3v) is 7.11. The molecule has 2 aromatic carbocycles. The summed E-state index contributed by atoms with van der Waals surface area (Å²) in [6.45, 7) is 1.33.